The van der Waals surface area contributed by atoms with Gasteiger partial charge in [0.05, 0.1) is 0 Å². The Balaban J connectivity index is -0.0000000225. The molecule has 0 aliphatic rings. The zero-order valence-electron chi connectivity index (χ0n) is 2.87. The van der Waals surface area contributed by atoms with Gasteiger partial charge in [-0.05, 0) is 0 Å². The van der Waals surface area contributed by atoms with E-state index in [9.17, 15) is 0 Å². The number of hydrogen-bond donors (Lipinski definition) is 0. The Hall–Kier alpha value is 3.64. The normalized spacial score (nSPS) is 2.00. The average molecular weight is 720 g/mol. The second kappa shape index (κ2) is 38.1. The van der Waals surface area contributed by atoms with Crippen molar-refractivity contribution in [2.45, 2.75) is 0 Å². The van der Waals surface area contributed by atoms with Gasteiger partial charge in [0, 0.05) is 0 Å². The van der Waals surface area contributed by atoms with E-state index in [0.717, 1.165) is 0 Å². The van der Waals surface area contributed by atoms with Crippen LogP contribution in [0.2, 0.25) is 0 Å². The van der Waals surface area contributed by atoms with Crippen molar-refractivity contribution >= 4 is 98.6 Å². The number of halogens is 3. The van der Waals surface area contributed by atoms with Crippen molar-refractivity contribution in [2.24, 2.45) is 0 Å². The van der Waals surface area contributed by atoms with E-state index in [-0.39, 0.29) is 0 Å². The van der Waals surface area contributed by atoms with Crippen molar-refractivity contribution in [2.75, 3.05) is 0 Å². The molecule has 0 saturated carbocycles. The molecule has 0 rings (SSSR count). The Bertz CT molecular complexity index is 6.00. The van der Waals surface area contributed by atoms with Crippen LogP contribution in [-0.4, -0.2) is 73.6 Å². The summed E-state index contributed by atoms with van der Waals surface area (Å²) in [6.45, 7) is 0. The molecule has 0 spiro atoms. The van der Waals surface area contributed by atoms with Gasteiger partial charge in [0.25, 0.3) is 0 Å². The molecule has 0 bridgehead atoms. The molecule has 0 aliphatic heterocycles. The van der Waals surface area contributed by atoms with Gasteiger partial charge in [0.2, 0.25) is 0 Å². The fraction of sp³-hybridized carbons (Fsp3) is 0. The molecule has 0 unspecified atom stereocenters. The summed E-state index contributed by atoms with van der Waals surface area (Å²) in [4.78, 5) is 0. The third-order valence-electron chi connectivity index (χ3n) is 0. The van der Waals surface area contributed by atoms with E-state index in [1.165, 1.54) is 0 Å². The first-order chi connectivity index (χ1) is 3.00. The van der Waals surface area contributed by atoms with E-state index in [4.69, 9.17) is 24.9 Å². The van der Waals surface area contributed by atoms with Gasteiger partial charge in [-0.3, -0.25) is 0 Å². The monoisotopic (exact) mass is 720 g/mol. The maximum atomic E-state index is 4.81. The number of hydrogen-bond acceptors (Lipinski definition) is 0. The summed E-state index contributed by atoms with van der Waals surface area (Å²) in [6, 6.07) is 0. The van der Waals surface area contributed by atoms with Crippen LogP contribution in [0.4, 0.5) is 0 Å². The molecule has 0 amide bonds. The molecule has 0 radical (unpaired) electrons. The number of rotatable bonds is 0. The first-order valence-electron chi connectivity index (χ1n) is 0.655. The van der Waals surface area contributed by atoms with E-state index >= 15 is 0 Å². The maximum absolute atomic E-state index is 4.81. The van der Waals surface area contributed by atoms with Crippen LogP contribution in [0.1, 0.15) is 0 Å². The van der Waals surface area contributed by atoms with E-state index in [1.807, 2.05) is 0 Å². The first-order valence-corrected chi connectivity index (χ1v) is 17.2. The quantitative estimate of drug-likeness (QED) is 0.328. The minimum absolute atomic E-state index is 0.639. The van der Waals surface area contributed by atoms with E-state index in [2.05, 4.69) is 0 Å². The van der Waals surface area contributed by atoms with Gasteiger partial charge >= 0.3 is 98.6 Å². The topological polar surface area (TPSA) is 0 Å². The third-order valence-corrected chi connectivity index (χ3v) is 0. The van der Waals surface area contributed by atoms with Gasteiger partial charge in [-0.1, -0.05) is 0 Å². The molecule has 6 heteroatoms. The molecule has 0 aliphatic carbocycles. The first kappa shape index (κ1) is 16.3. The predicted molar refractivity (Wildman–Crippen MR) is 34.8 cm³/mol. The van der Waals surface area contributed by atoms with Crippen LogP contribution in [0, 0.1) is 0 Å². The zero-order chi connectivity index (χ0) is 6.00. The van der Waals surface area contributed by atoms with Crippen molar-refractivity contribution in [3.8, 4) is 0 Å². The second-order valence-electron chi connectivity index (χ2n) is 0. The fourth-order valence-corrected chi connectivity index (χ4v) is 0. The van der Waals surface area contributed by atoms with Crippen molar-refractivity contribution in [1.29, 1.82) is 0 Å². The molecule has 0 aromatic carbocycles. The molecule has 0 aromatic heterocycles. The van der Waals surface area contributed by atoms with Crippen molar-refractivity contribution in [3.63, 3.8) is 0 Å². The van der Waals surface area contributed by atoms with E-state index in [1.54, 1.807) is 0 Å². The molecule has 0 aromatic rings. The van der Waals surface area contributed by atoms with Gasteiger partial charge in [-0.25, -0.2) is 0 Å². The summed E-state index contributed by atoms with van der Waals surface area (Å²) < 4.78 is 0. The Kier molecular flexibility index (Phi) is 104. The van der Waals surface area contributed by atoms with Crippen LogP contribution in [0.15, 0.2) is 0 Å². The van der Waals surface area contributed by atoms with E-state index < -0.39 is 0 Å². The fourth-order valence-electron chi connectivity index (χ4n) is 0. The van der Waals surface area contributed by atoms with Crippen LogP contribution in [-0.2, 0) is 0 Å². The summed E-state index contributed by atoms with van der Waals surface area (Å²) in [5.74, 6) is 0. The molecular weight excluding hydrogens is 720 g/mol. The predicted octanol–water partition coefficient (Wildman–Crippen LogP) is 0.926. The van der Waals surface area contributed by atoms with Gasteiger partial charge in [-0.2, -0.15) is 0 Å². The van der Waals surface area contributed by atoms with Crippen molar-refractivity contribution in [1.82, 2.24) is 0 Å². The molecule has 0 heterocycles. The second-order valence-corrected chi connectivity index (χ2v) is 0. The average Bonchev–Trinajstić information content (AvgIpc) is 1.81. The standard InChI is InChI=1S/3ClH.3Tl/h3*1H;;;/q;;;3*+1/p-3. The minimum atomic E-state index is 0.639. The van der Waals surface area contributed by atoms with Crippen molar-refractivity contribution < 1.29 is 0 Å². The molecular formula is Cl3Tl3. The summed E-state index contributed by atoms with van der Waals surface area (Å²) in [5.41, 5.74) is 0. The van der Waals surface area contributed by atoms with Gasteiger partial charge in [-0.15, -0.1) is 0 Å². The van der Waals surface area contributed by atoms with Crippen LogP contribution in [0.3, 0.4) is 0 Å². The Morgan fingerprint density at radius 3 is 0.500 bits per heavy atom. The summed E-state index contributed by atoms with van der Waals surface area (Å²) in [6.07, 6.45) is 0. The SMILES string of the molecule is [Cl][Tl].[Cl][Tl].[Cl][Tl]. The van der Waals surface area contributed by atoms with Crippen LogP contribution in [0.5, 0.6) is 0 Å². The Labute approximate surface area is 96.1 Å². The summed E-state index contributed by atoms with van der Waals surface area (Å²) >= 11 is 1.92. The molecule has 0 N–H and O–H groups in total. The third kappa shape index (κ3) is 25.4. The molecule has 6 heavy (non-hydrogen) atoms. The molecule has 0 saturated heterocycles. The molecule has 0 fully saturated rings. The van der Waals surface area contributed by atoms with Gasteiger partial charge in [0.15, 0.2) is 0 Å². The van der Waals surface area contributed by atoms with Crippen LogP contribution in [0.25, 0.3) is 0 Å². The Morgan fingerprint density at radius 2 is 0.500 bits per heavy atom. The Morgan fingerprint density at radius 1 is 0.500 bits per heavy atom. The summed E-state index contributed by atoms with van der Waals surface area (Å²) in [5, 5.41) is 0. The zero-order valence-corrected chi connectivity index (χ0v) is 18.6. The molecule has 0 nitrogen and oxygen atoms in total. The van der Waals surface area contributed by atoms with Crippen LogP contribution < -0.4 is 0 Å². The molecule has 0 atom stereocenters. The summed E-state index contributed by atoms with van der Waals surface area (Å²) in [7, 11) is 14.4. The van der Waals surface area contributed by atoms with Gasteiger partial charge in [0.1, 0.15) is 0 Å². The molecule has 30 valence electrons. The van der Waals surface area contributed by atoms with Crippen molar-refractivity contribution in [3.05, 3.63) is 0 Å². The van der Waals surface area contributed by atoms with E-state index in [0.29, 0.717) is 73.6 Å². The van der Waals surface area contributed by atoms with Gasteiger partial charge < -0.3 is 0 Å². The van der Waals surface area contributed by atoms with Crippen LogP contribution >= 0.6 is 24.9 Å².